The highest BCUT2D eigenvalue weighted by Crippen LogP contribution is 2.30. The zero-order valence-electron chi connectivity index (χ0n) is 13.8. The predicted molar refractivity (Wildman–Crippen MR) is 84.2 cm³/mol. The fraction of sp³-hybridized carbons (Fsp3) is 0.312. The highest BCUT2D eigenvalue weighted by Gasteiger charge is 2.23. The van der Waals surface area contributed by atoms with Gasteiger partial charge in [0.25, 0.3) is 0 Å². The molecule has 0 atom stereocenters. The molecule has 0 saturated carbocycles. The Hall–Kier alpha value is -3.21. The van der Waals surface area contributed by atoms with Crippen molar-refractivity contribution >= 4 is 23.5 Å². The second-order valence-corrected chi connectivity index (χ2v) is 4.93. The van der Waals surface area contributed by atoms with Gasteiger partial charge in [0.2, 0.25) is 5.88 Å². The molecule has 0 radical (unpaired) electrons. The molecule has 0 aliphatic heterocycles. The van der Waals surface area contributed by atoms with Gasteiger partial charge in [-0.2, -0.15) is 5.26 Å². The van der Waals surface area contributed by atoms with Crippen LogP contribution in [0.4, 0.5) is 11.7 Å². The standard InChI is InChI=1S/C16H16N4O4/c1-5-23-16(22)12-7-18-10(4)19-14(12)20-15-11(6-17)13(8(2)21)9(3)24-15/h7H,5H2,1-4H3,(H,18,19,20). The fourth-order valence-electron chi connectivity index (χ4n) is 2.19. The van der Waals surface area contributed by atoms with Crippen LogP contribution in [0.15, 0.2) is 10.6 Å². The van der Waals surface area contributed by atoms with Crippen LogP contribution < -0.4 is 5.32 Å². The summed E-state index contributed by atoms with van der Waals surface area (Å²) in [6.07, 6.45) is 1.33. The van der Waals surface area contributed by atoms with Crippen LogP contribution in [0.3, 0.4) is 0 Å². The Morgan fingerprint density at radius 1 is 1.42 bits per heavy atom. The first-order valence-electron chi connectivity index (χ1n) is 7.21. The molecule has 0 saturated heterocycles. The molecule has 1 N–H and O–H groups in total. The summed E-state index contributed by atoms with van der Waals surface area (Å²) in [5.74, 6) is 0.0215. The minimum atomic E-state index is -0.603. The quantitative estimate of drug-likeness (QED) is 0.657. The molecule has 8 nitrogen and oxygen atoms in total. The number of ketones is 1. The minimum Gasteiger partial charge on any atom is -0.462 e. The molecular weight excluding hydrogens is 312 g/mol. The van der Waals surface area contributed by atoms with Crippen molar-refractivity contribution in [2.75, 3.05) is 11.9 Å². The Labute approximate surface area is 138 Å². The summed E-state index contributed by atoms with van der Waals surface area (Å²) in [5, 5.41) is 12.1. The zero-order valence-corrected chi connectivity index (χ0v) is 13.8. The lowest BCUT2D eigenvalue weighted by Gasteiger charge is -2.09. The Bertz CT molecular complexity index is 848. The average Bonchev–Trinajstić information content (AvgIpc) is 2.83. The topological polar surface area (TPSA) is 118 Å². The van der Waals surface area contributed by atoms with E-state index in [4.69, 9.17) is 9.15 Å². The summed E-state index contributed by atoms with van der Waals surface area (Å²) in [4.78, 5) is 31.8. The van der Waals surface area contributed by atoms with Gasteiger partial charge in [-0.1, -0.05) is 0 Å². The third-order valence-corrected chi connectivity index (χ3v) is 3.18. The zero-order chi connectivity index (χ0) is 17.9. The van der Waals surface area contributed by atoms with Crippen LogP contribution in [0.25, 0.3) is 0 Å². The van der Waals surface area contributed by atoms with Gasteiger partial charge in [-0.15, -0.1) is 0 Å². The van der Waals surface area contributed by atoms with E-state index in [1.165, 1.54) is 13.1 Å². The van der Waals surface area contributed by atoms with Crippen molar-refractivity contribution in [3.8, 4) is 6.07 Å². The van der Waals surface area contributed by atoms with E-state index in [0.717, 1.165) is 0 Å². The highest BCUT2D eigenvalue weighted by atomic mass is 16.5. The maximum atomic E-state index is 12.0. The number of nitrogens with one attached hydrogen (secondary N) is 1. The molecule has 0 aromatic carbocycles. The van der Waals surface area contributed by atoms with E-state index in [1.54, 1.807) is 20.8 Å². The third kappa shape index (κ3) is 3.25. The number of hydrogen-bond acceptors (Lipinski definition) is 8. The van der Waals surface area contributed by atoms with E-state index < -0.39 is 5.97 Å². The highest BCUT2D eigenvalue weighted by molar-refractivity contribution is 6.00. The first-order chi connectivity index (χ1) is 11.4. The number of Topliss-reactive ketones (excluding diaryl/α,β-unsaturated/α-hetero) is 1. The minimum absolute atomic E-state index is 0.0452. The summed E-state index contributed by atoms with van der Waals surface area (Å²) in [6, 6.07) is 1.94. The van der Waals surface area contributed by atoms with Crippen LogP contribution in [0.1, 0.15) is 51.7 Å². The van der Waals surface area contributed by atoms with Crippen LogP contribution in [-0.2, 0) is 4.74 Å². The largest absolute Gasteiger partial charge is 0.462 e. The number of aryl methyl sites for hydroxylation is 2. The number of hydrogen-bond donors (Lipinski definition) is 1. The van der Waals surface area contributed by atoms with Crippen LogP contribution >= 0.6 is 0 Å². The van der Waals surface area contributed by atoms with Gasteiger partial charge >= 0.3 is 5.97 Å². The van der Waals surface area contributed by atoms with Crippen molar-refractivity contribution in [2.45, 2.75) is 27.7 Å². The summed E-state index contributed by atoms with van der Waals surface area (Å²) in [5.41, 5.74) is 0.360. The second kappa shape index (κ2) is 6.91. The lowest BCUT2D eigenvalue weighted by molar-refractivity contribution is 0.0526. The number of nitriles is 1. The Kier molecular flexibility index (Phi) is 4.94. The molecule has 0 amide bonds. The SMILES string of the molecule is CCOC(=O)c1cnc(C)nc1Nc1oc(C)c(C(C)=O)c1C#N. The number of esters is 1. The van der Waals surface area contributed by atoms with Gasteiger partial charge in [-0.05, 0) is 27.7 Å². The molecule has 0 aliphatic rings. The third-order valence-electron chi connectivity index (χ3n) is 3.18. The first-order valence-corrected chi connectivity index (χ1v) is 7.21. The smallest absolute Gasteiger partial charge is 0.343 e. The van der Waals surface area contributed by atoms with Crippen molar-refractivity contribution in [1.29, 1.82) is 5.26 Å². The van der Waals surface area contributed by atoms with E-state index >= 15 is 0 Å². The molecule has 0 fully saturated rings. The molecule has 0 aliphatic carbocycles. The van der Waals surface area contributed by atoms with Gasteiger partial charge in [0.15, 0.2) is 11.6 Å². The van der Waals surface area contributed by atoms with Crippen molar-refractivity contribution in [3.63, 3.8) is 0 Å². The monoisotopic (exact) mass is 328 g/mol. The molecule has 0 unspecified atom stereocenters. The summed E-state index contributed by atoms with van der Waals surface area (Å²) in [6.45, 7) is 6.47. The number of rotatable bonds is 5. The predicted octanol–water partition coefficient (Wildman–Crippen LogP) is 2.68. The molecule has 24 heavy (non-hydrogen) atoms. The van der Waals surface area contributed by atoms with Crippen LogP contribution in [0.2, 0.25) is 0 Å². The number of carbonyl (C=O) groups is 2. The Balaban J connectivity index is 2.51. The normalized spacial score (nSPS) is 10.1. The average molecular weight is 328 g/mol. The molecule has 124 valence electrons. The molecule has 8 heteroatoms. The van der Waals surface area contributed by atoms with E-state index in [9.17, 15) is 14.9 Å². The van der Waals surface area contributed by atoms with Crippen molar-refractivity contribution in [3.05, 3.63) is 34.5 Å². The molecule has 2 heterocycles. The molecule has 2 aromatic heterocycles. The van der Waals surface area contributed by atoms with Gasteiger partial charge in [0.05, 0.1) is 12.2 Å². The Morgan fingerprint density at radius 3 is 2.71 bits per heavy atom. The Morgan fingerprint density at radius 2 is 2.12 bits per heavy atom. The summed E-state index contributed by atoms with van der Waals surface area (Å²) >= 11 is 0. The van der Waals surface area contributed by atoms with E-state index in [2.05, 4.69) is 15.3 Å². The van der Waals surface area contributed by atoms with Crippen molar-refractivity contribution in [1.82, 2.24) is 9.97 Å². The molecule has 0 bridgehead atoms. The number of anilines is 2. The van der Waals surface area contributed by atoms with Gasteiger partial charge < -0.3 is 14.5 Å². The first kappa shape index (κ1) is 17.1. The number of furan rings is 1. The van der Waals surface area contributed by atoms with E-state index in [0.29, 0.717) is 11.6 Å². The van der Waals surface area contributed by atoms with Crippen molar-refractivity contribution in [2.24, 2.45) is 0 Å². The molecule has 2 rings (SSSR count). The van der Waals surface area contributed by atoms with Gasteiger partial charge in [-0.3, -0.25) is 4.79 Å². The maximum Gasteiger partial charge on any atom is 0.343 e. The maximum absolute atomic E-state index is 12.0. The molecule has 0 spiro atoms. The molecular formula is C16H16N4O4. The van der Waals surface area contributed by atoms with Crippen molar-refractivity contribution < 1.29 is 18.7 Å². The van der Waals surface area contributed by atoms with Gasteiger partial charge in [0, 0.05) is 6.20 Å². The van der Waals surface area contributed by atoms with E-state index in [-0.39, 0.29) is 40.8 Å². The number of aromatic nitrogens is 2. The molecule has 2 aromatic rings. The van der Waals surface area contributed by atoms with Gasteiger partial charge in [0.1, 0.15) is 28.8 Å². The summed E-state index contributed by atoms with van der Waals surface area (Å²) in [7, 11) is 0. The van der Waals surface area contributed by atoms with Gasteiger partial charge in [-0.25, -0.2) is 14.8 Å². The van der Waals surface area contributed by atoms with Crippen LogP contribution in [0, 0.1) is 25.2 Å². The fourth-order valence-corrected chi connectivity index (χ4v) is 2.19. The lowest BCUT2D eigenvalue weighted by Crippen LogP contribution is -2.11. The van der Waals surface area contributed by atoms with Crippen LogP contribution in [0.5, 0.6) is 0 Å². The number of carbonyl (C=O) groups excluding carboxylic acids is 2. The second-order valence-electron chi connectivity index (χ2n) is 4.93. The number of nitrogens with zero attached hydrogens (tertiary/aromatic N) is 3. The van der Waals surface area contributed by atoms with Crippen LogP contribution in [-0.4, -0.2) is 28.3 Å². The lowest BCUT2D eigenvalue weighted by atomic mass is 10.1. The summed E-state index contributed by atoms with van der Waals surface area (Å²) < 4.78 is 10.4. The number of ether oxygens (including phenoxy) is 1. The van der Waals surface area contributed by atoms with E-state index in [1.807, 2.05) is 6.07 Å².